The number of benzene rings is 2. The third kappa shape index (κ3) is 6.40. The zero-order chi connectivity index (χ0) is 22.4. The third-order valence-electron chi connectivity index (χ3n) is 4.35. The van der Waals surface area contributed by atoms with E-state index < -0.39 is 12.0 Å². The standard InChI is InChI=1S/C22H21Cl2NO5S/c1-2-3-16-18(9-8-17(23)20(16)24)30-12-14(26)11-29-15-6-4-13(5-7-15)10-19-21(27)25-22(28)31-19/h4-10,14,26H,2-3,11-12H2,1H3,(H,25,27,28)/b19-10+/t14-/m1/s1. The summed E-state index contributed by atoms with van der Waals surface area (Å²) in [5.41, 5.74) is 1.58. The van der Waals surface area contributed by atoms with Crippen LogP contribution in [0, 0.1) is 0 Å². The van der Waals surface area contributed by atoms with Gasteiger partial charge in [0.15, 0.2) is 0 Å². The van der Waals surface area contributed by atoms with Gasteiger partial charge in [-0.25, -0.2) is 0 Å². The Kier molecular flexibility index (Phi) is 8.26. The lowest BCUT2D eigenvalue weighted by atomic mass is 10.1. The first-order valence-corrected chi connectivity index (χ1v) is 11.2. The Labute approximate surface area is 194 Å². The quantitative estimate of drug-likeness (QED) is 0.485. The molecule has 2 N–H and O–H groups in total. The Morgan fingerprint density at radius 2 is 1.81 bits per heavy atom. The molecule has 0 saturated carbocycles. The highest BCUT2D eigenvalue weighted by atomic mass is 35.5. The molecular weight excluding hydrogens is 461 g/mol. The van der Waals surface area contributed by atoms with Crippen molar-refractivity contribution in [3.63, 3.8) is 0 Å². The zero-order valence-electron chi connectivity index (χ0n) is 16.7. The second-order valence-electron chi connectivity index (χ2n) is 6.79. The second-order valence-corrected chi connectivity index (χ2v) is 8.59. The van der Waals surface area contributed by atoms with E-state index in [1.807, 2.05) is 6.92 Å². The van der Waals surface area contributed by atoms with Crippen molar-refractivity contribution in [3.05, 3.63) is 62.5 Å². The summed E-state index contributed by atoms with van der Waals surface area (Å²) in [6, 6.07) is 10.4. The van der Waals surface area contributed by atoms with Crippen molar-refractivity contribution in [2.75, 3.05) is 13.2 Å². The molecule has 1 saturated heterocycles. The van der Waals surface area contributed by atoms with Gasteiger partial charge in [0.2, 0.25) is 0 Å². The Morgan fingerprint density at radius 1 is 1.10 bits per heavy atom. The summed E-state index contributed by atoms with van der Waals surface area (Å²) in [5.74, 6) is 0.754. The summed E-state index contributed by atoms with van der Waals surface area (Å²) < 4.78 is 11.3. The molecule has 0 aromatic heterocycles. The number of ether oxygens (including phenoxy) is 2. The molecule has 1 atom stereocenters. The van der Waals surface area contributed by atoms with E-state index in [4.69, 9.17) is 32.7 Å². The Bertz CT molecular complexity index is 994. The molecule has 1 heterocycles. The van der Waals surface area contributed by atoms with Crippen LogP contribution in [0.5, 0.6) is 11.5 Å². The maximum Gasteiger partial charge on any atom is 0.290 e. The maximum atomic E-state index is 11.6. The Balaban J connectivity index is 1.52. The molecule has 3 rings (SSSR count). The van der Waals surface area contributed by atoms with Crippen molar-refractivity contribution in [2.45, 2.75) is 25.9 Å². The van der Waals surface area contributed by atoms with Crippen LogP contribution in [0.3, 0.4) is 0 Å². The lowest BCUT2D eigenvalue weighted by Crippen LogP contribution is -2.25. The van der Waals surface area contributed by atoms with Gasteiger partial charge in [-0.2, -0.15) is 0 Å². The van der Waals surface area contributed by atoms with Crippen LogP contribution in [0.1, 0.15) is 24.5 Å². The van der Waals surface area contributed by atoms with Crippen molar-refractivity contribution < 1.29 is 24.2 Å². The highest BCUT2D eigenvalue weighted by Crippen LogP contribution is 2.34. The molecule has 31 heavy (non-hydrogen) atoms. The van der Waals surface area contributed by atoms with Gasteiger partial charge in [0.25, 0.3) is 11.1 Å². The van der Waals surface area contributed by atoms with Crippen molar-refractivity contribution >= 4 is 52.2 Å². The van der Waals surface area contributed by atoms with Crippen LogP contribution in [0.15, 0.2) is 41.3 Å². The smallest absolute Gasteiger partial charge is 0.290 e. The van der Waals surface area contributed by atoms with E-state index in [0.717, 1.165) is 35.7 Å². The summed E-state index contributed by atoms with van der Waals surface area (Å²) in [4.78, 5) is 23.1. The predicted octanol–water partition coefficient (Wildman–Crippen LogP) is 5.09. The van der Waals surface area contributed by atoms with Gasteiger partial charge in [-0.3, -0.25) is 14.9 Å². The number of imide groups is 1. The lowest BCUT2D eigenvalue weighted by molar-refractivity contribution is -0.115. The molecule has 0 radical (unpaired) electrons. The molecule has 0 unspecified atom stereocenters. The average molecular weight is 482 g/mol. The molecule has 6 nitrogen and oxygen atoms in total. The fourth-order valence-corrected chi connectivity index (χ4v) is 3.96. The largest absolute Gasteiger partial charge is 0.491 e. The molecule has 0 aliphatic carbocycles. The first-order chi connectivity index (χ1) is 14.9. The maximum absolute atomic E-state index is 11.6. The zero-order valence-corrected chi connectivity index (χ0v) is 19.0. The Morgan fingerprint density at radius 3 is 2.45 bits per heavy atom. The van der Waals surface area contributed by atoms with Crippen LogP contribution in [-0.2, 0) is 11.2 Å². The molecule has 0 bridgehead atoms. The SMILES string of the molecule is CCCc1c(OC[C@H](O)COc2ccc(/C=C3/SC(=O)NC3=O)cc2)ccc(Cl)c1Cl. The topological polar surface area (TPSA) is 84.9 Å². The van der Waals surface area contributed by atoms with Gasteiger partial charge >= 0.3 is 0 Å². The molecule has 2 amide bonds. The molecule has 164 valence electrons. The fraction of sp³-hybridized carbons (Fsp3) is 0.273. The van der Waals surface area contributed by atoms with Gasteiger partial charge < -0.3 is 14.6 Å². The van der Waals surface area contributed by atoms with Crippen molar-refractivity contribution in [1.82, 2.24) is 5.32 Å². The number of aliphatic hydroxyl groups is 1. The summed E-state index contributed by atoms with van der Waals surface area (Å²) in [6.45, 7) is 2.11. The molecule has 1 aliphatic heterocycles. The first kappa shape index (κ1) is 23.5. The number of carbonyl (C=O) groups excluding carboxylic acids is 2. The van der Waals surface area contributed by atoms with Gasteiger partial charge in [-0.1, -0.05) is 48.7 Å². The minimum atomic E-state index is -0.852. The normalized spacial score (nSPS) is 15.8. The van der Waals surface area contributed by atoms with Crippen molar-refractivity contribution in [2.24, 2.45) is 0 Å². The first-order valence-electron chi connectivity index (χ1n) is 9.62. The minimum absolute atomic E-state index is 0.0393. The van der Waals surface area contributed by atoms with Gasteiger partial charge in [0.05, 0.1) is 15.0 Å². The van der Waals surface area contributed by atoms with E-state index in [0.29, 0.717) is 26.4 Å². The number of halogens is 2. The van der Waals surface area contributed by atoms with E-state index in [-0.39, 0.29) is 18.5 Å². The van der Waals surface area contributed by atoms with E-state index in [2.05, 4.69) is 5.32 Å². The fourth-order valence-electron chi connectivity index (χ4n) is 2.85. The van der Waals surface area contributed by atoms with Gasteiger partial charge in [0.1, 0.15) is 30.8 Å². The highest BCUT2D eigenvalue weighted by molar-refractivity contribution is 8.18. The molecule has 9 heteroatoms. The summed E-state index contributed by atoms with van der Waals surface area (Å²) in [5, 5.41) is 13.0. The predicted molar refractivity (Wildman–Crippen MR) is 123 cm³/mol. The second kappa shape index (κ2) is 10.9. The number of aliphatic hydroxyl groups excluding tert-OH is 1. The number of hydrogen-bond acceptors (Lipinski definition) is 6. The van der Waals surface area contributed by atoms with Crippen molar-refractivity contribution in [3.8, 4) is 11.5 Å². The molecule has 2 aromatic carbocycles. The van der Waals surface area contributed by atoms with Crippen LogP contribution in [-0.4, -0.2) is 35.6 Å². The summed E-state index contributed by atoms with van der Waals surface area (Å²) in [6.07, 6.45) is 2.38. The molecule has 1 aliphatic rings. The number of hydrogen-bond donors (Lipinski definition) is 2. The highest BCUT2D eigenvalue weighted by Gasteiger charge is 2.24. The summed E-state index contributed by atoms with van der Waals surface area (Å²) in [7, 11) is 0. The monoisotopic (exact) mass is 481 g/mol. The number of thioether (sulfide) groups is 1. The number of carbonyl (C=O) groups is 2. The number of amides is 2. The lowest BCUT2D eigenvalue weighted by Gasteiger charge is -2.17. The van der Waals surface area contributed by atoms with Crippen LogP contribution >= 0.6 is 35.0 Å². The number of nitrogens with one attached hydrogen (secondary N) is 1. The van der Waals surface area contributed by atoms with E-state index in [9.17, 15) is 14.7 Å². The van der Waals surface area contributed by atoms with Crippen LogP contribution in [0.4, 0.5) is 4.79 Å². The van der Waals surface area contributed by atoms with Gasteiger partial charge in [-0.05, 0) is 54.1 Å². The Hall–Kier alpha value is -2.19. The van der Waals surface area contributed by atoms with Gasteiger partial charge in [-0.15, -0.1) is 0 Å². The molecule has 2 aromatic rings. The molecule has 1 fully saturated rings. The average Bonchev–Trinajstić information content (AvgIpc) is 3.07. The minimum Gasteiger partial charge on any atom is -0.491 e. The van der Waals surface area contributed by atoms with Crippen LogP contribution < -0.4 is 14.8 Å². The van der Waals surface area contributed by atoms with Crippen molar-refractivity contribution in [1.29, 1.82) is 0 Å². The van der Waals surface area contributed by atoms with E-state index >= 15 is 0 Å². The van der Waals surface area contributed by atoms with Crippen LogP contribution in [0.25, 0.3) is 6.08 Å². The van der Waals surface area contributed by atoms with Gasteiger partial charge in [0, 0.05) is 5.56 Å². The van der Waals surface area contributed by atoms with E-state index in [1.54, 1.807) is 42.5 Å². The van der Waals surface area contributed by atoms with Crippen LogP contribution in [0.2, 0.25) is 10.0 Å². The molecule has 0 spiro atoms. The number of rotatable bonds is 9. The third-order valence-corrected chi connectivity index (χ3v) is 6.00. The molecular formula is C22H21Cl2NO5S. The summed E-state index contributed by atoms with van der Waals surface area (Å²) >= 11 is 13.2. The van der Waals surface area contributed by atoms with E-state index in [1.165, 1.54) is 0 Å².